The van der Waals surface area contributed by atoms with Gasteiger partial charge < -0.3 is 11.1 Å². The van der Waals surface area contributed by atoms with Crippen LogP contribution in [0.5, 0.6) is 0 Å². The average molecular weight is 241 g/mol. The molecule has 3 nitrogen and oxygen atoms in total. The highest BCUT2D eigenvalue weighted by molar-refractivity contribution is 6.31. The van der Waals surface area contributed by atoms with Gasteiger partial charge in [0.2, 0.25) is 5.91 Å². The number of halogens is 1. The predicted octanol–water partition coefficient (Wildman–Crippen LogP) is 1.74. The maximum Gasteiger partial charge on any atom is 0.239 e. The van der Waals surface area contributed by atoms with E-state index in [4.69, 9.17) is 17.3 Å². The Labute approximate surface area is 101 Å². The third kappa shape index (κ3) is 3.83. The largest absolute Gasteiger partial charge is 0.354 e. The number of carbonyl (C=O) groups excluding carboxylic acids is 1. The molecule has 1 aromatic carbocycles. The van der Waals surface area contributed by atoms with Crippen LogP contribution in [0, 0.1) is 0 Å². The van der Waals surface area contributed by atoms with E-state index in [9.17, 15) is 4.79 Å². The second kappa shape index (κ2) is 5.32. The quantitative estimate of drug-likeness (QED) is 0.842. The van der Waals surface area contributed by atoms with Gasteiger partial charge in [0.05, 0.1) is 5.54 Å². The Morgan fingerprint density at radius 2 is 2.06 bits per heavy atom. The molecular weight excluding hydrogens is 224 g/mol. The molecule has 0 spiro atoms. The van der Waals surface area contributed by atoms with Crippen LogP contribution in [0.2, 0.25) is 5.02 Å². The molecule has 0 atom stereocenters. The summed E-state index contributed by atoms with van der Waals surface area (Å²) >= 11 is 5.99. The summed E-state index contributed by atoms with van der Waals surface area (Å²) in [6.45, 7) is 3.90. The van der Waals surface area contributed by atoms with Gasteiger partial charge in [-0.2, -0.15) is 0 Å². The third-order valence-corrected chi connectivity index (χ3v) is 2.59. The van der Waals surface area contributed by atoms with E-state index in [2.05, 4.69) is 5.32 Å². The first-order chi connectivity index (χ1) is 7.41. The standard InChI is InChI=1S/C12H17ClN2O/c1-12(2,14)11(16)15-8-7-9-5-3-4-6-10(9)13/h3-6H,7-8,14H2,1-2H3,(H,15,16). The zero-order valence-corrected chi connectivity index (χ0v) is 10.3. The Hall–Kier alpha value is -1.06. The van der Waals surface area contributed by atoms with Crippen LogP contribution in [-0.2, 0) is 11.2 Å². The Kier molecular flexibility index (Phi) is 4.33. The molecular formula is C12H17ClN2O. The van der Waals surface area contributed by atoms with Gasteiger partial charge in [-0.3, -0.25) is 4.79 Å². The summed E-state index contributed by atoms with van der Waals surface area (Å²) in [6, 6.07) is 7.59. The molecule has 1 rings (SSSR count). The van der Waals surface area contributed by atoms with Gasteiger partial charge in [0.15, 0.2) is 0 Å². The van der Waals surface area contributed by atoms with Crippen LogP contribution < -0.4 is 11.1 Å². The van der Waals surface area contributed by atoms with E-state index < -0.39 is 5.54 Å². The molecule has 0 radical (unpaired) electrons. The van der Waals surface area contributed by atoms with Crippen LogP contribution in [0.25, 0.3) is 0 Å². The lowest BCUT2D eigenvalue weighted by Gasteiger charge is -2.17. The topological polar surface area (TPSA) is 55.1 Å². The fraction of sp³-hybridized carbons (Fsp3) is 0.417. The zero-order valence-electron chi connectivity index (χ0n) is 9.59. The summed E-state index contributed by atoms with van der Waals surface area (Å²) in [4.78, 5) is 11.5. The summed E-state index contributed by atoms with van der Waals surface area (Å²) in [7, 11) is 0. The van der Waals surface area contributed by atoms with Crippen molar-refractivity contribution in [3.05, 3.63) is 34.9 Å². The molecule has 3 N–H and O–H groups in total. The van der Waals surface area contributed by atoms with Crippen LogP contribution in [0.3, 0.4) is 0 Å². The fourth-order valence-electron chi connectivity index (χ4n) is 1.24. The fourth-order valence-corrected chi connectivity index (χ4v) is 1.47. The molecule has 0 unspecified atom stereocenters. The van der Waals surface area contributed by atoms with E-state index in [-0.39, 0.29) is 5.91 Å². The summed E-state index contributed by atoms with van der Waals surface area (Å²) in [5, 5.41) is 3.50. The molecule has 0 bridgehead atoms. The Bertz CT molecular complexity index is 372. The van der Waals surface area contributed by atoms with Crippen LogP contribution in [-0.4, -0.2) is 18.0 Å². The Balaban J connectivity index is 2.43. The minimum absolute atomic E-state index is 0.153. The molecule has 0 heterocycles. The predicted molar refractivity (Wildman–Crippen MR) is 66.4 cm³/mol. The molecule has 0 saturated carbocycles. The number of rotatable bonds is 4. The van der Waals surface area contributed by atoms with Crippen molar-refractivity contribution in [1.29, 1.82) is 0 Å². The summed E-state index contributed by atoms with van der Waals surface area (Å²) < 4.78 is 0. The van der Waals surface area contributed by atoms with Gasteiger partial charge in [0, 0.05) is 11.6 Å². The summed E-state index contributed by atoms with van der Waals surface area (Å²) in [5.74, 6) is -0.153. The van der Waals surface area contributed by atoms with E-state index in [1.807, 2.05) is 24.3 Å². The summed E-state index contributed by atoms with van der Waals surface area (Å²) in [6.07, 6.45) is 0.710. The second-order valence-corrected chi connectivity index (χ2v) is 4.73. The maximum absolute atomic E-state index is 11.5. The zero-order chi connectivity index (χ0) is 12.2. The SMILES string of the molecule is CC(C)(N)C(=O)NCCc1ccccc1Cl. The van der Waals surface area contributed by atoms with Gasteiger partial charge >= 0.3 is 0 Å². The van der Waals surface area contributed by atoms with Crippen LogP contribution in [0.4, 0.5) is 0 Å². The highest BCUT2D eigenvalue weighted by Crippen LogP contribution is 2.14. The van der Waals surface area contributed by atoms with Crippen LogP contribution in [0.1, 0.15) is 19.4 Å². The lowest BCUT2D eigenvalue weighted by atomic mass is 10.1. The van der Waals surface area contributed by atoms with E-state index in [0.717, 1.165) is 10.6 Å². The maximum atomic E-state index is 11.5. The van der Waals surface area contributed by atoms with E-state index >= 15 is 0 Å². The first kappa shape index (κ1) is 13.0. The second-order valence-electron chi connectivity index (χ2n) is 4.32. The number of amides is 1. The van der Waals surface area contributed by atoms with Crippen molar-refractivity contribution < 1.29 is 4.79 Å². The van der Waals surface area contributed by atoms with Crippen molar-refractivity contribution in [3.63, 3.8) is 0 Å². The molecule has 1 amide bonds. The van der Waals surface area contributed by atoms with Gasteiger partial charge in [-0.25, -0.2) is 0 Å². The Morgan fingerprint density at radius 1 is 1.44 bits per heavy atom. The molecule has 4 heteroatoms. The monoisotopic (exact) mass is 240 g/mol. The molecule has 16 heavy (non-hydrogen) atoms. The van der Waals surface area contributed by atoms with Crippen molar-refractivity contribution in [3.8, 4) is 0 Å². The Morgan fingerprint density at radius 3 is 2.62 bits per heavy atom. The lowest BCUT2D eigenvalue weighted by Crippen LogP contribution is -2.49. The smallest absolute Gasteiger partial charge is 0.239 e. The summed E-state index contributed by atoms with van der Waals surface area (Å²) in [5.41, 5.74) is 5.84. The molecule has 0 aliphatic heterocycles. The number of nitrogens with two attached hydrogens (primary N) is 1. The van der Waals surface area contributed by atoms with Crippen LogP contribution >= 0.6 is 11.6 Å². The number of hydrogen-bond acceptors (Lipinski definition) is 2. The van der Waals surface area contributed by atoms with Crippen molar-refractivity contribution >= 4 is 17.5 Å². The van der Waals surface area contributed by atoms with Gasteiger partial charge in [0.25, 0.3) is 0 Å². The first-order valence-electron chi connectivity index (χ1n) is 5.22. The van der Waals surface area contributed by atoms with Gasteiger partial charge in [-0.1, -0.05) is 29.8 Å². The number of nitrogens with one attached hydrogen (secondary N) is 1. The van der Waals surface area contributed by atoms with Crippen LogP contribution in [0.15, 0.2) is 24.3 Å². The highest BCUT2D eigenvalue weighted by atomic mass is 35.5. The molecule has 0 aromatic heterocycles. The molecule has 0 aliphatic rings. The number of hydrogen-bond donors (Lipinski definition) is 2. The van der Waals surface area contributed by atoms with E-state index in [0.29, 0.717) is 13.0 Å². The van der Waals surface area contributed by atoms with E-state index in [1.54, 1.807) is 13.8 Å². The van der Waals surface area contributed by atoms with E-state index in [1.165, 1.54) is 0 Å². The molecule has 88 valence electrons. The third-order valence-electron chi connectivity index (χ3n) is 2.22. The number of benzene rings is 1. The minimum Gasteiger partial charge on any atom is -0.354 e. The van der Waals surface area contributed by atoms with Crippen molar-refractivity contribution in [2.24, 2.45) is 5.73 Å². The molecule has 0 aliphatic carbocycles. The lowest BCUT2D eigenvalue weighted by molar-refractivity contribution is -0.125. The van der Waals surface area contributed by atoms with Gasteiger partial charge in [-0.05, 0) is 31.9 Å². The molecule has 0 fully saturated rings. The van der Waals surface area contributed by atoms with Crippen molar-refractivity contribution in [1.82, 2.24) is 5.32 Å². The number of carbonyl (C=O) groups is 1. The van der Waals surface area contributed by atoms with Crippen molar-refractivity contribution in [2.75, 3.05) is 6.54 Å². The minimum atomic E-state index is -0.833. The normalized spacial score (nSPS) is 11.2. The first-order valence-corrected chi connectivity index (χ1v) is 5.59. The van der Waals surface area contributed by atoms with Gasteiger partial charge in [0.1, 0.15) is 0 Å². The van der Waals surface area contributed by atoms with Crippen molar-refractivity contribution in [2.45, 2.75) is 25.8 Å². The molecule has 0 saturated heterocycles. The highest BCUT2D eigenvalue weighted by Gasteiger charge is 2.20. The molecule has 1 aromatic rings. The van der Waals surface area contributed by atoms with Gasteiger partial charge in [-0.15, -0.1) is 0 Å². The average Bonchev–Trinajstić information content (AvgIpc) is 2.19.